The Labute approximate surface area is 348 Å². The molecule has 0 aromatic rings. The predicted molar refractivity (Wildman–Crippen MR) is 210 cm³/mol. The zero-order valence-electron chi connectivity index (χ0n) is 36.4. The van der Waals surface area contributed by atoms with Crippen molar-refractivity contribution in [3.05, 3.63) is 0 Å². The summed E-state index contributed by atoms with van der Waals surface area (Å²) < 4.78 is 36.3. The van der Waals surface area contributed by atoms with Gasteiger partial charge in [-0.1, -0.05) is 6.92 Å². The summed E-state index contributed by atoms with van der Waals surface area (Å²) in [6, 6.07) is 0. The molecular weight excluding hydrogens is 760 g/mol. The number of carbonyl (C=O) groups excluding carboxylic acids is 5. The summed E-state index contributed by atoms with van der Waals surface area (Å²) in [5, 5.41) is 23.5. The van der Waals surface area contributed by atoms with Gasteiger partial charge in [-0.2, -0.15) is 0 Å². The van der Waals surface area contributed by atoms with E-state index in [1.807, 2.05) is 6.92 Å². The van der Waals surface area contributed by atoms with Gasteiger partial charge in [-0.15, -0.1) is 0 Å². The molecule has 2 aliphatic heterocycles. The van der Waals surface area contributed by atoms with Crippen LogP contribution in [0.1, 0.15) is 170 Å². The van der Waals surface area contributed by atoms with E-state index in [1.165, 1.54) is 0 Å². The van der Waals surface area contributed by atoms with Crippen molar-refractivity contribution < 1.29 is 62.6 Å². The Morgan fingerprint density at radius 1 is 0.729 bits per heavy atom. The molecule has 0 spiro atoms. The molecule has 13 nitrogen and oxygen atoms in total. The summed E-state index contributed by atoms with van der Waals surface area (Å²) >= 11 is 0. The third-order valence-corrected chi connectivity index (χ3v) is 16.1. The Kier molecular flexibility index (Phi) is 10.3. The van der Waals surface area contributed by atoms with Crippen molar-refractivity contribution in [1.29, 1.82) is 0 Å². The SMILES string of the molecule is CCC(C)(CC(C)(CC(C)(C)C(=O)OC1CC(=O)OC1(C)C)C(=O)OC12CC3CC(CC(O)(C3)C1)C2)C(=O)OC12CC3CC(O)(C1)CC(C(=O)OC1CCCCO1)(C3)C2. The van der Waals surface area contributed by atoms with E-state index >= 15 is 4.79 Å². The van der Waals surface area contributed by atoms with Gasteiger partial charge in [0, 0.05) is 25.7 Å². The minimum Gasteiger partial charge on any atom is -0.459 e. The molecule has 0 amide bonds. The Balaban J connectivity index is 1.05. The summed E-state index contributed by atoms with van der Waals surface area (Å²) in [6.45, 7) is 12.7. The molecule has 330 valence electrons. The van der Waals surface area contributed by atoms with E-state index < -0.39 is 91.9 Å². The van der Waals surface area contributed by atoms with Crippen LogP contribution in [0.25, 0.3) is 0 Å². The molecule has 0 radical (unpaired) electrons. The van der Waals surface area contributed by atoms with Crippen molar-refractivity contribution >= 4 is 29.8 Å². The topological polar surface area (TPSA) is 181 Å². The summed E-state index contributed by atoms with van der Waals surface area (Å²) in [6.07, 6.45) is 7.56. The highest BCUT2D eigenvalue weighted by Crippen LogP contribution is 2.65. The monoisotopic (exact) mass is 828 g/mol. The maximum Gasteiger partial charge on any atom is 0.314 e. The number of hydrogen-bond acceptors (Lipinski definition) is 13. The highest BCUT2D eigenvalue weighted by molar-refractivity contribution is 5.84. The lowest BCUT2D eigenvalue weighted by Crippen LogP contribution is -2.67. The molecule has 59 heavy (non-hydrogen) atoms. The second-order valence-electron chi connectivity index (χ2n) is 22.9. The van der Waals surface area contributed by atoms with Gasteiger partial charge < -0.3 is 38.6 Å². The van der Waals surface area contributed by atoms with Crippen LogP contribution in [0, 0.1) is 39.4 Å². The van der Waals surface area contributed by atoms with Crippen molar-refractivity contribution in [3.63, 3.8) is 0 Å². The Bertz CT molecular complexity index is 1730. The van der Waals surface area contributed by atoms with Crippen molar-refractivity contribution in [3.8, 4) is 0 Å². The van der Waals surface area contributed by atoms with E-state index in [0.717, 1.165) is 19.3 Å². The average molecular weight is 829 g/mol. The van der Waals surface area contributed by atoms with E-state index in [2.05, 4.69) is 0 Å². The van der Waals surface area contributed by atoms with Crippen LogP contribution in [0.4, 0.5) is 0 Å². The molecule has 13 heteroatoms. The summed E-state index contributed by atoms with van der Waals surface area (Å²) in [4.78, 5) is 70.2. The first kappa shape index (κ1) is 42.9. The molecule has 10 fully saturated rings. The number of cyclic esters (lactones) is 1. The number of rotatable bonds is 13. The van der Waals surface area contributed by atoms with Crippen LogP contribution in [-0.2, 0) is 52.4 Å². The lowest BCUT2D eigenvalue weighted by molar-refractivity contribution is -0.259. The highest BCUT2D eigenvalue weighted by atomic mass is 16.7. The van der Waals surface area contributed by atoms with Gasteiger partial charge in [0.25, 0.3) is 0 Å². The Morgan fingerprint density at radius 2 is 1.36 bits per heavy atom. The van der Waals surface area contributed by atoms with Crippen LogP contribution in [0.5, 0.6) is 0 Å². The number of aliphatic hydroxyl groups is 2. The molecule has 8 aliphatic carbocycles. The third kappa shape index (κ3) is 7.96. The van der Waals surface area contributed by atoms with Gasteiger partial charge in [0.15, 0.2) is 6.10 Å². The molecule has 10 aliphatic rings. The fourth-order valence-corrected chi connectivity index (χ4v) is 14.3. The fourth-order valence-electron chi connectivity index (χ4n) is 14.3. The van der Waals surface area contributed by atoms with E-state index in [-0.39, 0.29) is 56.3 Å². The van der Waals surface area contributed by atoms with Gasteiger partial charge in [0.05, 0.1) is 45.9 Å². The van der Waals surface area contributed by atoms with Gasteiger partial charge in [0.1, 0.15) is 16.8 Å². The molecule has 10 atom stereocenters. The van der Waals surface area contributed by atoms with Crippen molar-refractivity contribution in [1.82, 2.24) is 0 Å². The Hall–Kier alpha value is -2.77. The summed E-state index contributed by atoms with van der Waals surface area (Å²) in [5.41, 5.74) is -9.98. The molecule has 8 bridgehead atoms. The standard InChI is InChI=1S/C46H68O13/c1-8-40(6,35(49)59-46-21-30-15-42(25-46,24-44(53,18-30)27-46)37(51)56-33-11-9-10-12-54-33)23-41(7,22-38(2,3)34(48)55-31-14-32(47)57-39(31,4)5)36(50)58-45-19-28-13-29(20-45)17-43(52,16-28)26-45/h28-31,33,52-53H,8-27H2,1-7H3. The maximum atomic E-state index is 15.0. The smallest absolute Gasteiger partial charge is 0.314 e. The zero-order valence-corrected chi connectivity index (χ0v) is 36.4. The van der Waals surface area contributed by atoms with Crippen LogP contribution in [0.15, 0.2) is 0 Å². The van der Waals surface area contributed by atoms with Gasteiger partial charge in [0.2, 0.25) is 6.29 Å². The van der Waals surface area contributed by atoms with E-state index in [1.54, 1.807) is 41.5 Å². The number of hydrogen-bond donors (Lipinski definition) is 2. The molecule has 2 heterocycles. The van der Waals surface area contributed by atoms with Crippen LogP contribution in [-0.4, -0.2) is 87.1 Å². The van der Waals surface area contributed by atoms with Crippen LogP contribution in [0.2, 0.25) is 0 Å². The van der Waals surface area contributed by atoms with Gasteiger partial charge in [-0.3, -0.25) is 24.0 Å². The number of ether oxygens (including phenoxy) is 6. The third-order valence-electron chi connectivity index (χ3n) is 16.1. The molecular formula is C46H68O13. The van der Waals surface area contributed by atoms with Crippen molar-refractivity contribution in [2.75, 3.05) is 6.61 Å². The summed E-state index contributed by atoms with van der Waals surface area (Å²) in [7, 11) is 0. The molecule has 0 aromatic carbocycles. The first-order chi connectivity index (χ1) is 27.3. The second-order valence-corrected chi connectivity index (χ2v) is 22.9. The quantitative estimate of drug-likeness (QED) is 0.151. The molecule has 10 rings (SSSR count). The van der Waals surface area contributed by atoms with E-state index in [4.69, 9.17) is 28.4 Å². The first-order valence-electron chi connectivity index (χ1n) is 22.5. The first-order valence-corrected chi connectivity index (χ1v) is 22.5. The van der Waals surface area contributed by atoms with E-state index in [0.29, 0.717) is 70.8 Å². The van der Waals surface area contributed by atoms with Gasteiger partial charge >= 0.3 is 29.8 Å². The summed E-state index contributed by atoms with van der Waals surface area (Å²) in [5.74, 6) is -2.05. The van der Waals surface area contributed by atoms with Crippen molar-refractivity contribution in [2.24, 2.45) is 39.4 Å². The molecule has 10 unspecified atom stereocenters. The fraction of sp³-hybridized carbons (Fsp3) is 0.891. The highest BCUT2D eigenvalue weighted by Gasteiger charge is 2.69. The lowest BCUT2D eigenvalue weighted by Gasteiger charge is -2.63. The van der Waals surface area contributed by atoms with Crippen LogP contribution >= 0.6 is 0 Å². The largest absolute Gasteiger partial charge is 0.459 e. The number of esters is 5. The molecule has 2 saturated heterocycles. The predicted octanol–water partition coefficient (Wildman–Crippen LogP) is 6.55. The minimum absolute atomic E-state index is 0.0232. The zero-order chi connectivity index (χ0) is 42.7. The van der Waals surface area contributed by atoms with Gasteiger partial charge in [-0.25, -0.2) is 0 Å². The molecule has 2 N–H and O–H groups in total. The second kappa shape index (κ2) is 14.1. The lowest BCUT2D eigenvalue weighted by atomic mass is 9.46. The van der Waals surface area contributed by atoms with Gasteiger partial charge in [-0.05, 0) is 149 Å². The van der Waals surface area contributed by atoms with Crippen LogP contribution < -0.4 is 0 Å². The van der Waals surface area contributed by atoms with E-state index in [9.17, 15) is 29.4 Å². The average Bonchev–Trinajstić information content (AvgIpc) is 3.35. The normalized spacial score (nSPS) is 42.3. The van der Waals surface area contributed by atoms with Crippen LogP contribution in [0.3, 0.4) is 0 Å². The maximum absolute atomic E-state index is 15.0. The number of carbonyl (C=O) groups is 5. The Morgan fingerprint density at radius 3 is 1.95 bits per heavy atom. The van der Waals surface area contributed by atoms with Crippen molar-refractivity contribution in [2.45, 2.75) is 211 Å². The minimum atomic E-state index is -1.42. The molecule has 8 saturated carbocycles. The molecule has 0 aromatic heterocycles.